The van der Waals surface area contributed by atoms with Gasteiger partial charge in [-0.15, -0.1) is 0 Å². The first kappa shape index (κ1) is 12.6. The van der Waals surface area contributed by atoms with Crippen molar-refractivity contribution >= 4 is 0 Å². The molecule has 4 nitrogen and oxygen atoms in total. The molecule has 0 amide bonds. The third-order valence-corrected chi connectivity index (χ3v) is 2.70. The standard InChI is InChI=1S/C14H18N4/c1-10(2)16-6-12-7-17-14(18-8-12)13-9-15-5-4-11(13)3/h4-5,7-10,16H,6H2,1-3H3. The third-order valence-electron chi connectivity index (χ3n) is 2.70. The van der Waals surface area contributed by atoms with E-state index >= 15 is 0 Å². The molecule has 2 aromatic rings. The van der Waals surface area contributed by atoms with Crippen LogP contribution in [-0.4, -0.2) is 21.0 Å². The monoisotopic (exact) mass is 242 g/mol. The Kier molecular flexibility index (Phi) is 3.99. The summed E-state index contributed by atoms with van der Waals surface area (Å²) < 4.78 is 0. The molecule has 0 aliphatic heterocycles. The van der Waals surface area contributed by atoms with E-state index in [-0.39, 0.29) is 0 Å². The van der Waals surface area contributed by atoms with Crippen molar-refractivity contribution in [1.82, 2.24) is 20.3 Å². The van der Waals surface area contributed by atoms with Crippen LogP contribution >= 0.6 is 0 Å². The molecule has 18 heavy (non-hydrogen) atoms. The Labute approximate surface area is 108 Å². The second-order valence-corrected chi connectivity index (χ2v) is 4.64. The van der Waals surface area contributed by atoms with Gasteiger partial charge in [-0.1, -0.05) is 13.8 Å². The van der Waals surface area contributed by atoms with Crippen molar-refractivity contribution in [2.75, 3.05) is 0 Å². The summed E-state index contributed by atoms with van der Waals surface area (Å²) >= 11 is 0. The van der Waals surface area contributed by atoms with Crippen LogP contribution in [0, 0.1) is 6.92 Å². The Balaban J connectivity index is 2.15. The first-order chi connectivity index (χ1) is 8.66. The van der Waals surface area contributed by atoms with Gasteiger partial charge >= 0.3 is 0 Å². The molecule has 0 radical (unpaired) electrons. The summed E-state index contributed by atoms with van der Waals surface area (Å²) in [6.07, 6.45) is 7.31. The maximum Gasteiger partial charge on any atom is 0.160 e. The van der Waals surface area contributed by atoms with Gasteiger partial charge in [-0.2, -0.15) is 0 Å². The highest BCUT2D eigenvalue weighted by Gasteiger charge is 2.04. The molecule has 0 spiro atoms. The summed E-state index contributed by atoms with van der Waals surface area (Å²) in [5.74, 6) is 0.730. The van der Waals surface area contributed by atoms with E-state index < -0.39 is 0 Å². The van der Waals surface area contributed by atoms with E-state index in [1.54, 1.807) is 12.4 Å². The Bertz CT molecular complexity index is 505. The molecule has 1 N–H and O–H groups in total. The van der Waals surface area contributed by atoms with Crippen LogP contribution in [0.15, 0.2) is 30.9 Å². The van der Waals surface area contributed by atoms with Crippen LogP contribution in [0.3, 0.4) is 0 Å². The van der Waals surface area contributed by atoms with Crippen LogP contribution in [0.5, 0.6) is 0 Å². The lowest BCUT2D eigenvalue weighted by molar-refractivity contribution is 0.587. The summed E-state index contributed by atoms with van der Waals surface area (Å²) in [5.41, 5.74) is 3.22. The number of pyridine rings is 1. The molecule has 0 fully saturated rings. The van der Waals surface area contributed by atoms with Crippen molar-refractivity contribution < 1.29 is 0 Å². The molecule has 0 saturated carbocycles. The zero-order valence-electron chi connectivity index (χ0n) is 11.0. The Morgan fingerprint density at radius 1 is 1.17 bits per heavy atom. The van der Waals surface area contributed by atoms with Gasteiger partial charge in [0.2, 0.25) is 0 Å². The molecule has 0 unspecified atom stereocenters. The number of hydrogen-bond donors (Lipinski definition) is 1. The van der Waals surface area contributed by atoms with Gasteiger partial charge in [-0.05, 0) is 18.6 Å². The summed E-state index contributed by atoms with van der Waals surface area (Å²) in [6, 6.07) is 2.43. The molecule has 0 aromatic carbocycles. The van der Waals surface area contributed by atoms with Crippen molar-refractivity contribution in [3.05, 3.63) is 42.0 Å². The Morgan fingerprint density at radius 3 is 2.50 bits per heavy atom. The van der Waals surface area contributed by atoms with Gasteiger partial charge in [0.1, 0.15) is 0 Å². The van der Waals surface area contributed by atoms with Gasteiger partial charge in [0.25, 0.3) is 0 Å². The SMILES string of the molecule is Cc1ccncc1-c1ncc(CNC(C)C)cn1. The molecule has 4 heteroatoms. The molecule has 2 aromatic heterocycles. The molecule has 94 valence electrons. The molecule has 0 saturated heterocycles. The fourth-order valence-electron chi connectivity index (χ4n) is 1.61. The van der Waals surface area contributed by atoms with E-state index in [2.05, 4.69) is 34.1 Å². The van der Waals surface area contributed by atoms with E-state index in [0.717, 1.165) is 29.1 Å². The van der Waals surface area contributed by atoms with Crippen LogP contribution in [-0.2, 0) is 6.54 Å². The minimum absolute atomic E-state index is 0.463. The zero-order valence-corrected chi connectivity index (χ0v) is 11.0. The highest BCUT2D eigenvalue weighted by atomic mass is 14.9. The van der Waals surface area contributed by atoms with E-state index in [1.807, 2.05) is 25.4 Å². The quantitative estimate of drug-likeness (QED) is 0.894. The molecule has 0 aliphatic carbocycles. The molecule has 0 bridgehead atoms. The normalized spacial score (nSPS) is 10.9. The number of aryl methyl sites for hydroxylation is 1. The van der Waals surface area contributed by atoms with Gasteiger partial charge in [-0.3, -0.25) is 4.98 Å². The molecule has 2 heterocycles. The van der Waals surface area contributed by atoms with Gasteiger partial charge in [0.05, 0.1) is 0 Å². The second-order valence-electron chi connectivity index (χ2n) is 4.64. The number of nitrogens with one attached hydrogen (secondary N) is 1. The number of hydrogen-bond acceptors (Lipinski definition) is 4. The molecular formula is C14H18N4. The maximum absolute atomic E-state index is 4.40. The van der Waals surface area contributed by atoms with Crippen LogP contribution in [0.4, 0.5) is 0 Å². The van der Waals surface area contributed by atoms with E-state index in [4.69, 9.17) is 0 Å². The lowest BCUT2D eigenvalue weighted by atomic mass is 10.1. The lowest BCUT2D eigenvalue weighted by Gasteiger charge is -2.08. The Hall–Kier alpha value is -1.81. The molecule has 2 rings (SSSR count). The average molecular weight is 242 g/mol. The molecule has 0 aliphatic rings. The number of nitrogens with zero attached hydrogens (tertiary/aromatic N) is 3. The van der Waals surface area contributed by atoms with Crippen LogP contribution < -0.4 is 5.32 Å². The second kappa shape index (κ2) is 5.69. The first-order valence-electron chi connectivity index (χ1n) is 6.12. The smallest absolute Gasteiger partial charge is 0.160 e. The summed E-state index contributed by atoms with van der Waals surface area (Å²) in [5, 5.41) is 3.34. The topological polar surface area (TPSA) is 50.7 Å². The van der Waals surface area contributed by atoms with Crippen LogP contribution in [0.2, 0.25) is 0 Å². The van der Waals surface area contributed by atoms with Crippen LogP contribution in [0.1, 0.15) is 25.0 Å². The van der Waals surface area contributed by atoms with Crippen molar-refractivity contribution in [3.8, 4) is 11.4 Å². The zero-order chi connectivity index (χ0) is 13.0. The van der Waals surface area contributed by atoms with Gasteiger partial charge in [-0.25, -0.2) is 9.97 Å². The van der Waals surface area contributed by atoms with Crippen molar-refractivity contribution in [3.63, 3.8) is 0 Å². The van der Waals surface area contributed by atoms with E-state index in [9.17, 15) is 0 Å². The average Bonchev–Trinajstić information content (AvgIpc) is 2.38. The minimum atomic E-state index is 0.463. The summed E-state index contributed by atoms with van der Waals surface area (Å²) in [7, 11) is 0. The predicted molar refractivity (Wildman–Crippen MR) is 72.0 cm³/mol. The maximum atomic E-state index is 4.40. The van der Waals surface area contributed by atoms with Gasteiger partial charge in [0.15, 0.2) is 5.82 Å². The lowest BCUT2D eigenvalue weighted by Crippen LogP contribution is -2.21. The van der Waals surface area contributed by atoms with Crippen molar-refractivity contribution in [2.24, 2.45) is 0 Å². The summed E-state index contributed by atoms with van der Waals surface area (Å²) in [4.78, 5) is 12.9. The van der Waals surface area contributed by atoms with Crippen molar-refractivity contribution in [2.45, 2.75) is 33.4 Å². The summed E-state index contributed by atoms with van der Waals surface area (Å²) in [6.45, 7) is 7.07. The molecular weight excluding hydrogens is 224 g/mol. The fourth-order valence-corrected chi connectivity index (χ4v) is 1.61. The van der Waals surface area contributed by atoms with Gasteiger partial charge < -0.3 is 5.32 Å². The minimum Gasteiger partial charge on any atom is -0.310 e. The van der Waals surface area contributed by atoms with E-state index in [1.165, 1.54) is 0 Å². The largest absolute Gasteiger partial charge is 0.310 e. The number of rotatable bonds is 4. The fraction of sp³-hybridized carbons (Fsp3) is 0.357. The third kappa shape index (κ3) is 3.11. The highest BCUT2D eigenvalue weighted by Crippen LogP contribution is 2.17. The Morgan fingerprint density at radius 2 is 1.89 bits per heavy atom. The first-order valence-corrected chi connectivity index (χ1v) is 6.12. The van der Waals surface area contributed by atoms with Gasteiger partial charge in [0, 0.05) is 48.5 Å². The highest BCUT2D eigenvalue weighted by molar-refractivity contribution is 5.57. The predicted octanol–water partition coefficient (Wildman–Crippen LogP) is 2.35. The molecule has 0 atom stereocenters. The van der Waals surface area contributed by atoms with Crippen molar-refractivity contribution in [1.29, 1.82) is 0 Å². The van der Waals surface area contributed by atoms with E-state index in [0.29, 0.717) is 6.04 Å². The number of aromatic nitrogens is 3. The van der Waals surface area contributed by atoms with Crippen LogP contribution in [0.25, 0.3) is 11.4 Å².